The van der Waals surface area contributed by atoms with E-state index >= 15 is 0 Å². The lowest BCUT2D eigenvalue weighted by molar-refractivity contribution is -0.244. The van der Waals surface area contributed by atoms with Crippen molar-refractivity contribution >= 4 is 0 Å². The predicted molar refractivity (Wildman–Crippen MR) is 126 cm³/mol. The second kappa shape index (κ2) is 13.3. The predicted octanol–water partition coefficient (Wildman–Crippen LogP) is 6.47. The maximum Gasteiger partial charge on any atom is 0.160 e. The van der Waals surface area contributed by atoms with Gasteiger partial charge in [-0.05, 0) is 82.0 Å². The van der Waals surface area contributed by atoms with Crippen LogP contribution < -0.4 is 0 Å². The Morgan fingerprint density at radius 2 is 1.55 bits per heavy atom. The quantitative estimate of drug-likeness (QED) is 0.229. The van der Waals surface area contributed by atoms with Crippen LogP contribution >= 0.6 is 0 Å². The highest BCUT2D eigenvalue weighted by molar-refractivity contribution is 5.01. The van der Waals surface area contributed by atoms with Crippen LogP contribution in [0.1, 0.15) is 97.8 Å². The molecule has 0 saturated heterocycles. The third kappa shape index (κ3) is 8.14. The minimum Gasteiger partial charge on any atom is -0.372 e. The van der Waals surface area contributed by atoms with Crippen LogP contribution in [-0.2, 0) is 14.2 Å². The van der Waals surface area contributed by atoms with Gasteiger partial charge in [0.1, 0.15) is 0 Å². The van der Waals surface area contributed by atoms with Gasteiger partial charge in [0.05, 0.1) is 19.3 Å². The molecule has 5 unspecified atom stereocenters. The molecule has 3 aliphatic carbocycles. The summed E-state index contributed by atoms with van der Waals surface area (Å²) in [5, 5.41) is 10.5. The molecule has 180 valence electrons. The molecule has 0 aromatic carbocycles. The van der Waals surface area contributed by atoms with Crippen LogP contribution in [0.15, 0.2) is 12.2 Å². The lowest BCUT2D eigenvalue weighted by Crippen LogP contribution is -2.33. The van der Waals surface area contributed by atoms with Gasteiger partial charge in [-0.15, -0.1) is 0 Å². The number of hydrogen-bond donors (Lipinski definition) is 1. The van der Waals surface area contributed by atoms with Crippen molar-refractivity contribution in [2.45, 2.75) is 117 Å². The summed E-state index contributed by atoms with van der Waals surface area (Å²) in [7, 11) is 0. The molecule has 0 spiro atoms. The van der Waals surface area contributed by atoms with E-state index in [9.17, 15) is 5.11 Å². The Morgan fingerprint density at radius 1 is 0.839 bits per heavy atom. The Balaban J connectivity index is 1.25. The molecule has 0 radical (unpaired) electrons. The number of hydrogen-bond acceptors (Lipinski definition) is 4. The fourth-order valence-electron chi connectivity index (χ4n) is 6.00. The number of aliphatic hydroxyl groups is 1. The Hall–Kier alpha value is -0.420. The maximum absolute atomic E-state index is 10.5. The van der Waals surface area contributed by atoms with Crippen LogP contribution in [0.3, 0.4) is 0 Å². The highest BCUT2D eigenvalue weighted by Gasteiger charge is 2.30. The molecule has 2 fully saturated rings. The van der Waals surface area contributed by atoms with Crippen molar-refractivity contribution in [3.05, 3.63) is 12.2 Å². The minimum atomic E-state index is -0.716. The normalized spacial score (nSPS) is 33.2. The summed E-state index contributed by atoms with van der Waals surface area (Å²) in [6.07, 6.45) is 19.1. The SMILES string of the molecule is CCC(C)C1CCC(C(O)OC(C)OCCOC2C=CC(C3CCCCC3)CC2)CC1. The monoisotopic (exact) mass is 436 g/mol. The van der Waals surface area contributed by atoms with Gasteiger partial charge in [0, 0.05) is 5.92 Å². The number of rotatable bonds is 11. The van der Waals surface area contributed by atoms with Crippen molar-refractivity contribution in [2.75, 3.05) is 13.2 Å². The second-order valence-corrected chi connectivity index (χ2v) is 10.5. The molecule has 2 saturated carbocycles. The van der Waals surface area contributed by atoms with E-state index in [4.69, 9.17) is 14.2 Å². The standard InChI is InChI=1S/C27H48O4/c1-4-20(2)22-10-12-25(13-11-22)27(28)31-21(3)29-18-19-30-26-16-14-24(15-17-26)23-8-6-5-7-9-23/h14,16,20-28H,4-13,15,17-19H2,1-3H3. The third-order valence-electron chi connectivity index (χ3n) is 8.38. The summed E-state index contributed by atoms with van der Waals surface area (Å²) in [6, 6.07) is 0. The summed E-state index contributed by atoms with van der Waals surface area (Å²) in [5.74, 6) is 3.52. The lowest BCUT2D eigenvalue weighted by Gasteiger charge is -2.34. The zero-order valence-electron chi connectivity index (χ0n) is 20.3. The Kier molecular flexibility index (Phi) is 10.8. The Labute approximate surface area is 191 Å². The molecular formula is C27H48O4. The summed E-state index contributed by atoms with van der Waals surface area (Å²) >= 11 is 0. The fourth-order valence-corrected chi connectivity index (χ4v) is 6.00. The zero-order valence-corrected chi connectivity index (χ0v) is 20.3. The van der Waals surface area contributed by atoms with E-state index < -0.39 is 12.6 Å². The first-order valence-electron chi connectivity index (χ1n) is 13.3. The molecule has 1 N–H and O–H groups in total. The first-order valence-corrected chi connectivity index (χ1v) is 13.3. The first kappa shape index (κ1) is 25.2. The van der Waals surface area contributed by atoms with E-state index in [2.05, 4.69) is 26.0 Å². The van der Waals surface area contributed by atoms with E-state index in [-0.39, 0.29) is 12.0 Å². The molecule has 0 bridgehead atoms. The maximum atomic E-state index is 10.5. The van der Waals surface area contributed by atoms with Gasteiger partial charge in [-0.1, -0.05) is 51.7 Å². The Bertz CT molecular complexity index is 507. The van der Waals surface area contributed by atoms with E-state index in [1.165, 1.54) is 57.8 Å². The first-order chi connectivity index (χ1) is 15.1. The van der Waals surface area contributed by atoms with Crippen LogP contribution in [0.2, 0.25) is 0 Å². The van der Waals surface area contributed by atoms with E-state index in [1.54, 1.807) is 0 Å². The molecule has 5 atom stereocenters. The van der Waals surface area contributed by atoms with Gasteiger partial charge in [0.2, 0.25) is 0 Å². The highest BCUT2D eigenvalue weighted by Crippen LogP contribution is 2.37. The summed E-state index contributed by atoms with van der Waals surface area (Å²) in [6.45, 7) is 7.59. The number of allylic oxidation sites excluding steroid dienone is 1. The summed E-state index contributed by atoms with van der Waals surface area (Å²) in [5.41, 5.74) is 0. The molecule has 0 aromatic rings. The lowest BCUT2D eigenvalue weighted by atomic mass is 9.75. The van der Waals surface area contributed by atoms with E-state index in [1.807, 2.05) is 6.92 Å². The molecule has 0 amide bonds. The minimum absolute atomic E-state index is 0.228. The Morgan fingerprint density at radius 3 is 2.19 bits per heavy atom. The van der Waals surface area contributed by atoms with Gasteiger partial charge in [-0.3, -0.25) is 0 Å². The number of ether oxygens (including phenoxy) is 3. The van der Waals surface area contributed by atoms with Gasteiger partial charge in [0.25, 0.3) is 0 Å². The average molecular weight is 437 g/mol. The molecular weight excluding hydrogens is 388 g/mol. The molecule has 3 rings (SSSR count). The molecule has 0 aromatic heterocycles. The fraction of sp³-hybridized carbons (Fsp3) is 0.926. The molecule has 4 heteroatoms. The van der Waals surface area contributed by atoms with Crippen molar-refractivity contribution in [1.82, 2.24) is 0 Å². The molecule has 31 heavy (non-hydrogen) atoms. The van der Waals surface area contributed by atoms with E-state index in [0.717, 1.165) is 42.9 Å². The summed E-state index contributed by atoms with van der Waals surface area (Å²) in [4.78, 5) is 0. The van der Waals surface area contributed by atoms with Gasteiger partial charge < -0.3 is 19.3 Å². The van der Waals surface area contributed by atoms with Crippen LogP contribution in [0.25, 0.3) is 0 Å². The average Bonchev–Trinajstić information content (AvgIpc) is 2.82. The van der Waals surface area contributed by atoms with Crippen molar-refractivity contribution in [2.24, 2.45) is 29.6 Å². The molecule has 0 heterocycles. The van der Waals surface area contributed by atoms with Crippen molar-refractivity contribution in [1.29, 1.82) is 0 Å². The van der Waals surface area contributed by atoms with Crippen LogP contribution in [0.5, 0.6) is 0 Å². The van der Waals surface area contributed by atoms with Gasteiger partial charge in [-0.25, -0.2) is 0 Å². The third-order valence-corrected chi connectivity index (χ3v) is 8.38. The highest BCUT2D eigenvalue weighted by atomic mass is 16.7. The molecule has 3 aliphatic rings. The molecule has 4 nitrogen and oxygen atoms in total. The van der Waals surface area contributed by atoms with Gasteiger partial charge in [0.15, 0.2) is 12.6 Å². The molecule has 0 aliphatic heterocycles. The van der Waals surface area contributed by atoms with Crippen LogP contribution in [-0.4, -0.2) is 37.0 Å². The zero-order chi connectivity index (χ0) is 22.1. The number of aliphatic hydroxyl groups excluding tert-OH is 1. The van der Waals surface area contributed by atoms with Crippen molar-refractivity contribution < 1.29 is 19.3 Å². The van der Waals surface area contributed by atoms with Crippen LogP contribution in [0.4, 0.5) is 0 Å². The van der Waals surface area contributed by atoms with Crippen molar-refractivity contribution in [3.63, 3.8) is 0 Å². The second-order valence-electron chi connectivity index (χ2n) is 10.5. The van der Waals surface area contributed by atoms with E-state index in [0.29, 0.717) is 13.2 Å². The van der Waals surface area contributed by atoms with Crippen molar-refractivity contribution in [3.8, 4) is 0 Å². The van der Waals surface area contributed by atoms with Crippen LogP contribution in [0, 0.1) is 29.6 Å². The van der Waals surface area contributed by atoms with Gasteiger partial charge in [-0.2, -0.15) is 0 Å². The topological polar surface area (TPSA) is 47.9 Å². The smallest absolute Gasteiger partial charge is 0.160 e. The van der Waals surface area contributed by atoms with Gasteiger partial charge >= 0.3 is 0 Å². The summed E-state index contributed by atoms with van der Waals surface area (Å²) < 4.78 is 17.5. The largest absolute Gasteiger partial charge is 0.372 e.